The van der Waals surface area contributed by atoms with Crippen molar-refractivity contribution in [2.75, 3.05) is 6.61 Å². The van der Waals surface area contributed by atoms with Gasteiger partial charge in [-0.15, -0.1) is 0 Å². The van der Waals surface area contributed by atoms with Crippen molar-refractivity contribution in [3.63, 3.8) is 0 Å². The second-order valence-electron chi connectivity index (χ2n) is 5.85. The number of thiocarbonyl (C=S) groups is 1. The van der Waals surface area contributed by atoms with E-state index in [9.17, 15) is 9.59 Å². The normalized spacial score (nSPS) is 10.6. The Kier molecular flexibility index (Phi) is 7.57. The van der Waals surface area contributed by atoms with E-state index in [1.165, 1.54) is 24.0 Å². The number of amides is 2. The number of benzene rings is 1. The molecule has 8 heteroatoms. The van der Waals surface area contributed by atoms with Crippen molar-refractivity contribution in [1.82, 2.24) is 16.2 Å². The highest BCUT2D eigenvalue weighted by Crippen LogP contribution is 2.18. The number of hydrogen-bond donors (Lipinski definition) is 3. The second kappa shape index (κ2) is 10.1. The van der Waals surface area contributed by atoms with E-state index in [0.717, 1.165) is 0 Å². The van der Waals surface area contributed by atoms with Crippen LogP contribution in [-0.4, -0.2) is 23.5 Å². The van der Waals surface area contributed by atoms with E-state index >= 15 is 0 Å². The van der Waals surface area contributed by atoms with Crippen LogP contribution in [0.15, 0.2) is 53.2 Å². The molecule has 0 radical (unpaired) electrons. The Balaban J connectivity index is 1.67. The highest BCUT2D eigenvalue weighted by molar-refractivity contribution is 7.80. The van der Waals surface area contributed by atoms with Crippen LogP contribution in [0.2, 0.25) is 0 Å². The molecule has 0 aliphatic carbocycles. The van der Waals surface area contributed by atoms with Gasteiger partial charge in [0.25, 0.3) is 5.91 Å². The summed E-state index contributed by atoms with van der Waals surface area (Å²) in [6, 6.07) is 10.9. The zero-order valence-electron chi connectivity index (χ0n) is 15.0. The second-order valence-corrected chi connectivity index (χ2v) is 6.26. The summed E-state index contributed by atoms with van der Waals surface area (Å²) >= 11 is 4.92. The first-order valence-corrected chi connectivity index (χ1v) is 8.69. The molecule has 2 amide bonds. The molecule has 3 N–H and O–H groups in total. The fraction of sp³-hybridized carbons (Fsp3) is 0.211. The van der Waals surface area contributed by atoms with Crippen LogP contribution in [0.25, 0.3) is 6.08 Å². The zero-order chi connectivity index (χ0) is 19.6. The highest BCUT2D eigenvalue weighted by atomic mass is 32.1. The number of rotatable bonds is 6. The van der Waals surface area contributed by atoms with Gasteiger partial charge in [-0.2, -0.15) is 0 Å². The minimum Gasteiger partial charge on any atom is -0.484 e. The third-order valence-corrected chi connectivity index (χ3v) is 3.62. The Bertz CT molecular complexity index is 799. The number of carbonyl (C=O) groups is 2. The smallest absolute Gasteiger partial charge is 0.276 e. The predicted molar refractivity (Wildman–Crippen MR) is 106 cm³/mol. The zero-order valence-corrected chi connectivity index (χ0v) is 15.8. The summed E-state index contributed by atoms with van der Waals surface area (Å²) < 4.78 is 10.5. The van der Waals surface area contributed by atoms with Crippen molar-refractivity contribution in [2.24, 2.45) is 0 Å². The lowest BCUT2D eigenvalue weighted by atomic mass is 10.0. The lowest BCUT2D eigenvalue weighted by molar-refractivity contribution is -0.123. The molecule has 0 saturated carbocycles. The van der Waals surface area contributed by atoms with Gasteiger partial charge in [0.2, 0.25) is 5.91 Å². The Morgan fingerprint density at radius 1 is 1.19 bits per heavy atom. The lowest BCUT2D eigenvalue weighted by Crippen LogP contribution is -2.49. The first-order valence-electron chi connectivity index (χ1n) is 8.28. The molecule has 0 saturated heterocycles. The van der Waals surface area contributed by atoms with Gasteiger partial charge in [0, 0.05) is 6.08 Å². The van der Waals surface area contributed by atoms with Crippen LogP contribution in [0, 0.1) is 0 Å². The molecule has 2 aromatic rings. The molecule has 142 valence electrons. The van der Waals surface area contributed by atoms with Gasteiger partial charge in [-0.05, 0) is 54.0 Å². The molecule has 1 aromatic carbocycles. The topological polar surface area (TPSA) is 92.6 Å². The van der Waals surface area contributed by atoms with Crippen LogP contribution in [-0.2, 0) is 9.59 Å². The largest absolute Gasteiger partial charge is 0.484 e. The lowest BCUT2D eigenvalue weighted by Gasteiger charge is -2.11. The quantitative estimate of drug-likeness (QED) is 0.401. The summed E-state index contributed by atoms with van der Waals surface area (Å²) in [5.74, 6) is 0.659. The molecule has 0 aliphatic heterocycles. The number of furan rings is 1. The number of hydrogen-bond acceptors (Lipinski definition) is 5. The van der Waals surface area contributed by atoms with Gasteiger partial charge < -0.3 is 9.15 Å². The first kappa shape index (κ1) is 20.2. The molecule has 1 heterocycles. The molecule has 0 aliphatic rings. The van der Waals surface area contributed by atoms with E-state index < -0.39 is 11.8 Å². The van der Waals surface area contributed by atoms with E-state index in [2.05, 4.69) is 30.0 Å². The van der Waals surface area contributed by atoms with Gasteiger partial charge in [-0.1, -0.05) is 26.0 Å². The summed E-state index contributed by atoms with van der Waals surface area (Å²) in [6.45, 7) is 4.01. The van der Waals surface area contributed by atoms with E-state index in [1.807, 2.05) is 24.3 Å². The van der Waals surface area contributed by atoms with Crippen molar-refractivity contribution >= 4 is 35.2 Å². The molecule has 0 spiro atoms. The SMILES string of the molecule is CC(C)c1ccc(OCC(=O)NNC(=S)NC(=O)C=Cc2ccco2)cc1. The van der Waals surface area contributed by atoms with Crippen molar-refractivity contribution in [1.29, 1.82) is 0 Å². The third kappa shape index (κ3) is 7.33. The van der Waals surface area contributed by atoms with Crippen molar-refractivity contribution in [3.8, 4) is 5.75 Å². The Hall–Kier alpha value is -3.13. The van der Waals surface area contributed by atoms with Gasteiger partial charge in [-0.3, -0.25) is 25.8 Å². The standard InChI is InChI=1S/C19H21N3O4S/c1-13(2)14-5-7-16(8-6-14)26-12-18(24)21-22-19(27)20-17(23)10-9-15-4-3-11-25-15/h3-11,13H,12H2,1-2H3,(H,21,24)(H2,20,22,23,27). The summed E-state index contributed by atoms with van der Waals surface area (Å²) in [7, 11) is 0. The van der Waals surface area contributed by atoms with E-state index in [4.69, 9.17) is 21.4 Å². The van der Waals surface area contributed by atoms with Gasteiger partial charge in [0.15, 0.2) is 11.7 Å². The van der Waals surface area contributed by atoms with Crippen LogP contribution in [0.1, 0.15) is 31.1 Å². The van der Waals surface area contributed by atoms with Gasteiger partial charge >= 0.3 is 0 Å². The van der Waals surface area contributed by atoms with Crippen LogP contribution in [0.4, 0.5) is 0 Å². The molecule has 0 fully saturated rings. The molecule has 2 rings (SSSR count). The molecule has 27 heavy (non-hydrogen) atoms. The minimum absolute atomic E-state index is 0.0428. The van der Waals surface area contributed by atoms with Gasteiger partial charge in [0.1, 0.15) is 11.5 Å². The number of hydrazine groups is 1. The Labute approximate surface area is 162 Å². The van der Waals surface area contributed by atoms with E-state index in [1.54, 1.807) is 12.1 Å². The van der Waals surface area contributed by atoms with Crippen LogP contribution >= 0.6 is 12.2 Å². The van der Waals surface area contributed by atoms with Gasteiger partial charge in [-0.25, -0.2) is 0 Å². The Morgan fingerprint density at radius 2 is 1.93 bits per heavy atom. The predicted octanol–water partition coefficient (Wildman–Crippen LogP) is 2.52. The van der Waals surface area contributed by atoms with Crippen LogP contribution in [0.5, 0.6) is 5.75 Å². The first-order chi connectivity index (χ1) is 12.9. The number of carbonyl (C=O) groups excluding carboxylic acids is 2. The maximum atomic E-state index is 11.8. The average Bonchev–Trinajstić information content (AvgIpc) is 3.17. The Morgan fingerprint density at radius 3 is 2.56 bits per heavy atom. The summed E-state index contributed by atoms with van der Waals surface area (Å²) in [4.78, 5) is 23.4. The van der Waals surface area contributed by atoms with Crippen LogP contribution in [0.3, 0.4) is 0 Å². The molecule has 0 unspecified atom stereocenters. The maximum absolute atomic E-state index is 11.8. The molecule has 7 nitrogen and oxygen atoms in total. The molecular formula is C19H21N3O4S. The van der Waals surface area contributed by atoms with E-state index in [0.29, 0.717) is 17.4 Å². The maximum Gasteiger partial charge on any atom is 0.276 e. The summed E-state index contributed by atoms with van der Waals surface area (Å²) in [5, 5.41) is 2.34. The monoisotopic (exact) mass is 387 g/mol. The molecular weight excluding hydrogens is 366 g/mol. The molecule has 1 aromatic heterocycles. The summed E-state index contributed by atoms with van der Waals surface area (Å²) in [5.41, 5.74) is 5.96. The van der Waals surface area contributed by atoms with Gasteiger partial charge in [0.05, 0.1) is 6.26 Å². The fourth-order valence-electron chi connectivity index (χ4n) is 1.99. The van der Waals surface area contributed by atoms with Crippen molar-refractivity contribution in [2.45, 2.75) is 19.8 Å². The van der Waals surface area contributed by atoms with E-state index in [-0.39, 0.29) is 11.7 Å². The van der Waals surface area contributed by atoms with Crippen LogP contribution < -0.4 is 20.9 Å². The molecule has 0 atom stereocenters. The summed E-state index contributed by atoms with van der Waals surface area (Å²) in [6.07, 6.45) is 4.26. The van der Waals surface area contributed by atoms with Crippen molar-refractivity contribution < 1.29 is 18.7 Å². The molecule has 0 bridgehead atoms. The fourth-order valence-corrected chi connectivity index (χ4v) is 2.14. The number of ether oxygens (including phenoxy) is 1. The third-order valence-electron chi connectivity index (χ3n) is 3.41. The van der Waals surface area contributed by atoms with Crippen molar-refractivity contribution in [3.05, 3.63) is 60.1 Å². The number of nitrogens with one attached hydrogen (secondary N) is 3. The minimum atomic E-state index is -0.459. The highest BCUT2D eigenvalue weighted by Gasteiger charge is 2.06. The average molecular weight is 387 g/mol.